The summed E-state index contributed by atoms with van der Waals surface area (Å²) in [6, 6.07) is 1.56. The summed E-state index contributed by atoms with van der Waals surface area (Å²) >= 11 is 0. The Bertz CT molecular complexity index is 210. The monoisotopic (exact) mass is 242 g/mol. The summed E-state index contributed by atoms with van der Waals surface area (Å²) in [5.74, 6) is 0. The van der Waals surface area contributed by atoms with Gasteiger partial charge in [0.25, 0.3) is 0 Å². The van der Waals surface area contributed by atoms with Gasteiger partial charge in [-0.2, -0.15) is 0 Å². The molecule has 2 nitrogen and oxygen atoms in total. The van der Waals surface area contributed by atoms with E-state index in [1.807, 2.05) is 0 Å². The zero-order chi connectivity index (χ0) is 12.3. The van der Waals surface area contributed by atoms with Crippen molar-refractivity contribution >= 4 is 8.07 Å². The van der Waals surface area contributed by atoms with Crippen molar-refractivity contribution in [3.8, 4) is 0 Å². The molecule has 16 heavy (non-hydrogen) atoms. The van der Waals surface area contributed by atoms with Crippen LogP contribution in [0.1, 0.15) is 25.7 Å². The summed E-state index contributed by atoms with van der Waals surface area (Å²) in [5, 5.41) is 0. The summed E-state index contributed by atoms with van der Waals surface area (Å²) in [7, 11) is 5.86. The molecule has 0 aromatic rings. The maximum absolute atomic E-state index is 2.65. The highest BCUT2D eigenvalue weighted by Crippen LogP contribution is 2.26. The minimum absolute atomic E-state index is 0.773. The van der Waals surface area contributed by atoms with Crippen LogP contribution >= 0.6 is 0 Å². The molecule has 0 aromatic heterocycles. The molecule has 2 atom stereocenters. The van der Waals surface area contributed by atoms with Crippen LogP contribution in [0.25, 0.3) is 0 Å². The van der Waals surface area contributed by atoms with E-state index in [-0.39, 0.29) is 0 Å². The molecule has 0 bridgehead atoms. The minimum atomic E-state index is -0.961. The molecule has 1 fully saturated rings. The lowest BCUT2D eigenvalue weighted by Crippen LogP contribution is -2.53. The van der Waals surface area contributed by atoms with Crippen molar-refractivity contribution in [1.82, 2.24) is 9.80 Å². The standard InChI is InChI=1S/C13H30N2Si/c1-14(2)12-9-7-8-10-13(12)15(3)11-16(4,5)6/h12-13H,7-11H2,1-6H3/t12-,13-/m1/s1. The lowest BCUT2D eigenvalue weighted by Gasteiger charge is -2.43. The minimum Gasteiger partial charge on any atom is -0.305 e. The Morgan fingerprint density at radius 2 is 1.44 bits per heavy atom. The van der Waals surface area contributed by atoms with E-state index in [2.05, 4.69) is 50.6 Å². The molecule has 3 heteroatoms. The molecular weight excluding hydrogens is 212 g/mol. The molecule has 0 spiro atoms. The van der Waals surface area contributed by atoms with Crippen molar-refractivity contribution in [3.05, 3.63) is 0 Å². The SMILES string of the molecule is CN(C)[C@@H]1CCCC[C@H]1N(C)C[Si](C)(C)C. The van der Waals surface area contributed by atoms with E-state index >= 15 is 0 Å². The normalized spacial score (nSPS) is 27.8. The zero-order valence-corrected chi connectivity index (χ0v) is 13.1. The van der Waals surface area contributed by atoms with Gasteiger partial charge in [0.15, 0.2) is 0 Å². The first kappa shape index (κ1) is 14.2. The highest BCUT2D eigenvalue weighted by Gasteiger charge is 2.31. The van der Waals surface area contributed by atoms with Gasteiger partial charge in [0.05, 0.1) is 8.07 Å². The van der Waals surface area contributed by atoms with Crippen molar-refractivity contribution in [2.24, 2.45) is 0 Å². The molecule has 0 heterocycles. The second kappa shape index (κ2) is 5.65. The van der Waals surface area contributed by atoms with Gasteiger partial charge in [-0.25, -0.2) is 0 Å². The maximum atomic E-state index is 2.65. The van der Waals surface area contributed by atoms with E-state index in [1.165, 1.54) is 31.9 Å². The van der Waals surface area contributed by atoms with Crippen LogP contribution in [0, 0.1) is 0 Å². The summed E-state index contributed by atoms with van der Waals surface area (Å²) in [6.07, 6.45) is 6.95. The topological polar surface area (TPSA) is 6.48 Å². The van der Waals surface area contributed by atoms with Crippen LogP contribution in [0.3, 0.4) is 0 Å². The van der Waals surface area contributed by atoms with Crippen LogP contribution in [-0.4, -0.2) is 57.3 Å². The van der Waals surface area contributed by atoms with Gasteiger partial charge in [-0.1, -0.05) is 32.5 Å². The third kappa shape index (κ3) is 4.19. The van der Waals surface area contributed by atoms with Crippen molar-refractivity contribution < 1.29 is 0 Å². The molecule has 0 radical (unpaired) electrons. The average Bonchev–Trinajstić information content (AvgIpc) is 2.15. The Balaban J connectivity index is 2.60. The lowest BCUT2D eigenvalue weighted by atomic mass is 9.89. The van der Waals surface area contributed by atoms with Crippen molar-refractivity contribution in [2.45, 2.75) is 57.4 Å². The van der Waals surface area contributed by atoms with Gasteiger partial charge < -0.3 is 9.80 Å². The second-order valence-electron chi connectivity index (χ2n) is 6.86. The van der Waals surface area contributed by atoms with Crippen molar-refractivity contribution in [1.29, 1.82) is 0 Å². The van der Waals surface area contributed by atoms with Gasteiger partial charge >= 0.3 is 0 Å². The fraction of sp³-hybridized carbons (Fsp3) is 1.00. The van der Waals surface area contributed by atoms with Gasteiger partial charge in [0.1, 0.15) is 0 Å². The van der Waals surface area contributed by atoms with E-state index in [4.69, 9.17) is 0 Å². The Kier molecular flexibility index (Phi) is 5.01. The smallest absolute Gasteiger partial charge is 0.0599 e. The largest absolute Gasteiger partial charge is 0.305 e. The predicted octanol–water partition coefficient (Wildman–Crippen LogP) is 2.67. The number of hydrogen-bond acceptors (Lipinski definition) is 2. The highest BCUT2D eigenvalue weighted by atomic mass is 28.3. The van der Waals surface area contributed by atoms with Gasteiger partial charge in [-0.3, -0.25) is 0 Å². The molecule has 0 aliphatic heterocycles. The number of likely N-dealkylation sites (N-methyl/N-ethyl adjacent to an activating group) is 2. The first-order valence-electron chi connectivity index (χ1n) is 6.68. The summed E-state index contributed by atoms with van der Waals surface area (Å²) in [6.45, 7) is 7.41. The first-order chi connectivity index (χ1) is 7.31. The predicted molar refractivity (Wildman–Crippen MR) is 75.7 cm³/mol. The van der Waals surface area contributed by atoms with Gasteiger partial charge in [-0.05, 0) is 40.2 Å². The van der Waals surface area contributed by atoms with E-state index in [1.54, 1.807) is 0 Å². The summed E-state index contributed by atoms with van der Waals surface area (Å²) in [4.78, 5) is 5.08. The fourth-order valence-electron chi connectivity index (χ4n) is 3.07. The third-order valence-corrected chi connectivity index (χ3v) is 5.09. The summed E-state index contributed by atoms with van der Waals surface area (Å²) in [5.41, 5.74) is 0. The fourth-order valence-corrected chi connectivity index (χ4v) is 4.80. The van der Waals surface area contributed by atoms with Crippen LogP contribution in [0.2, 0.25) is 19.6 Å². The lowest BCUT2D eigenvalue weighted by molar-refractivity contribution is 0.103. The zero-order valence-electron chi connectivity index (χ0n) is 12.1. The van der Waals surface area contributed by atoms with E-state index in [9.17, 15) is 0 Å². The van der Waals surface area contributed by atoms with Crippen LogP contribution in [0.15, 0.2) is 0 Å². The quantitative estimate of drug-likeness (QED) is 0.699. The molecule has 1 aliphatic carbocycles. The van der Waals surface area contributed by atoms with Crippen molar-refractivity contribution in [2.75, 3.05) is 27.3 Å². The van der Waals surface area contributed by atoms with Crippen LogP contribution in [0.4, 0.5) is 0 Å². The Labute approximate surface area is 103 Å². The van der Waals surface area contributed by atoms with Crippen LogP contribution < -0.4 is 0 Å². The van der Waals surface area contributed by atoms with Crippen molar-refractivity contribution in [3.63, 3.8) is 0 Å². The molecular formula is C13H30N2Si. The van der Waals surface area contributed by atoms with E-state index in [0.717, 1.165) is 12.1 Å². The molecule has 0 amide bonds. The third-order valence-electron chi connectivity index (χ3n) is 3.65. The molecule has 0 saturated heterocycles. The second-order valence-corrected chi connectivity index (χ2v) is 12.3. The first-order valence-corrected chi connectivity index (χ1v) is 10.4. The molecule has 0 aromatic carbocycles. The highest BCUT2D eigenvalue weighted by molar-refractivity contribution is 6.76. The van der Waals surface area contributed by atoms with E-state index < -0.39 is 8.07 Å². The molecule has 0 N–H and O–H groups in total. The average molecular weight is 242 g/mol. The number of rotatable bonds is 4. The molecule has 1 saturated carbocycles. The molecule has 0 unspecified atom stereocenters. The maximum Gasteiger partial charge on any atom is 0.0599 e. The Morgan fingerprint density at radius 1 is 0.938 bits per heavy atom. The summed E-state index contributed by atoms with van der Waals surface area (Å²) < 4.78 is 0. The van der Waals surface area contributed by atoms with Crippen LogP contribution in [-0.2, 0) is 0 Å². The van der Waals surface area contributed by atoms with Gasteiger partial charge in [0.2, 0.25) is 0 Å². The number of nitrogens with zero attached hydrogens (tertiary/aromatic N) is 2. The molecule has 1 aliphatic rings. The van der Waals surface area contributed by atoms with Gasteiger partial charge in [0, 0.05) is 12.1 Å². The molecule has 96 valence electrons. The number of hydrogen-bond donors (Lipinski definition) is 0. The van der Waals surface area contributed by atoms with Crippen LogP contribution in [0.5, 0.6) is 0 Å². The Hall–Kier alpha value is 0.137. The van der Waals surface area contributed by atoms with Gasteiger partial charge in [-0.15, -0.1) is 0 Å². The Morgan fingerprint density at radius 3 is 1.88 bits per heavy atom. The van der Waals surface area contributed by atoms with E-state index in [0.29, 0.717) is 0 Å². The molecule has 1 rings (SSSR count).